The summed E-state index contributed by atoms with van der Waals surface area (Å²) >= 11 is 0. The summed E-state index contributed by atoms with van der Waals surface area (Å²) in [4.78, 5) is 43.8. The lowest BCUT2D eigenvalue weighted by molar-refractivity contribution is -0.132. The highest BCUT2D eigenvalue weighted by Gasteiger charge is 2.64. The Morgan fingerprint density at radius 2 is 1.37 bits per heavy atom. The topological polar surface area (TPSA) is 63.7 Å². The first-order valence-corrected chi connectivity index (χ1v) is 12.6. The number of hydrogen-bond acceptors (Lipinski definition) is 4. The van der Waals surface area contributed by atoms with Crippen molar-refractivity contribution in [2.45, 2.75) is 25.0 Å². The summed E-state index contributed by atoms with van der Waals surface area (Å²) < 4.78 is 6.53. The molecular formula is C33H25NO4. The maximum Gasteiger partial charge on any atom is 0.300 e. The highest BCUT2D eigenvalue weighted by molar-refractivity contribution is 6.55. The molecule has 0 bridgehead atoms. The molecule has 0 N–H and O–H groups in total. The van der Waals surface area contributed by atoms with Gasteiger partial charge in [0.25, 0.3) is 11.7 Å². The van der Waals surface area contributed by atoms with E-state index in [4.69, 9.17) is 4.74 Å². The quantitative estimate of drug-likeness (QED) is 0.246. The van der Waals surface area contributed by atoms with Crippen molar-refractivity contribution in [1.82, 2.24) is 0 Å². The van der Waals surface area contributed by atoms with Crippen molar-refractivity contribution in [3.05, 3.63) is 143 Å². The van der Waals surface area contributed by atoms with Gasteiger partial charge in [0, 0.05) is 23.2 Å². The Balaban J connectivity index is 1.68. The minimum Gasteiger partial charge on any atom is -0.484 e. The third-order valence-electron chi connectivity index (χ3n) is 7.30. The molecule has 2 atom stereocenters. The van der Waals surface area contributed by atoms with Crippen LogP contribution >= 0.6 is 0 Å². The van der Waals surface area contributed by atoms with Crippen LogP contribution in [0.25, 0.3) is 5.76 Å². The van der Waals surface area contributed by atoms with E-state index in [2.05, 4.69) is 0 Å². The molecule has 5 nitrogen and oxygen atoms in total. The zero-order chi connectivity index (χ0) is 26.3. The van der Waals surface area contributed by atoms with Crippen LogP contribution in [0.2, 0.25) is 0 Å². The summed E-state index contributed by atoms with van der Waals surface area (Å²) in [6.45, 7) is 1.95. The van der Waals surface area contributed by atoms with E-state index < -0.39 is 23.3 Å². The van der Waals surface area contributed by atoms with Gasteiger partial charge in [0.2, 0.25) is 0 Å². The van der Waals surface area contributed by atoms with Crippen molar-refractivity contribution in [3.63, 3.8) is 0 Å². The molecule has 2 heterocycles. The number of Topliss-reactive ketones (excluding diaryl/α,β-unsaturated/α-hetero) is 2. The van der Waals surface area contributed by atoms with Crippen LogP contribution in [0.1, 0.15) is 39.6 Å². The van der Waals surface area contributed by atoms with Crippen molar-refractivity contribution in [2.24, 2.45) is 0 Å². The van der Waals surface area contributed by atoms with E-state index in [1.54, 1.807) is 36.4 Å². The van der Waals surface area contributed by atoms with Gasteiger partial charge >= 0.3 is 0 Å². The average molecular weight is 500 g/mol. The Bertz CT molecular complexity index is 1560. The third-order valence-corrected chi connectivity index (χ3v) is 7.30. The number of benzene rings is 4. The predicted molar refractivity (Wildman–Crippen MR) is 145 cm³/mol. The smallest absolute Gasteiger partial charge is 0.300 e. The zero-order valence-electron chi connectivity index (χ0n) is 20.8. The fourth-order valence-corrected chi connectivity index (χ4v) is 5.50. The number of anilines is 1. The second-order valence-corrected chi connectivity index (χ2v) is 9.65. The number of aryl methyl sites for hydroxylation is 1. The van der Waals surface area contributed by atoms with Crippen LogP contribution in [0, 0.1) is 6.92 Å². The Hall–Kier alpha value is -4.77. The van der Waals surface area contributed by atoms with Gasteiger partial charge in [-0.3, -0.25) is 19.3 Å². The Kier molecular flexibility index (Phi) is 5.76. The number of ketones is 2. The zero-order valence-corrected chi connectivity index (χ0v) is 20.8. The minimum absolute atomic E-state index is 0.0929. The standard InChI is InChI=1S/C33H25NO4/c1-22-17-19-26(20-18-22)34-32(37)29(35)28-30(24-13-7-3-8-14-24)38-27(23-11-5-2-6-12-23)21-33(28,34)31(36)25-15-9-4-10-16-25/h2-20,27H,21H2,1H3. The molecule has 6 rings (SSSR count). The summed E-state index contributed by atoms with van der Waals surface area (Å²) in [5, 5.41) is 0. The Morgan fingerprint density at radius 3 is 2.00 bits per heavy atom. The molecule has 2 aliphatic rings. The highest BCUT2D eigenvalue weighted by Crippen LogP contribution is 2.52. The van der Waals surface area contributed by atoms with Crippen LogP contribution in [-0.2, 0) is 14.3 Å². The largest absolute Gasteiger partial charge is 0.484 e. The van der Waals surface area contributed by atoms with Gasteiger partial charge in [-0.25, -0.2) is 0 Å². The summed E-state index contributed by atoms with van der Waals surface area (Å²) in [5.74, 6) is -1.51. The molecule has 186 valence electrons. The van der Waals surface area contributed by atoms with Crippen molar-refractivity contribution in [3.8, 4) is 0 Å². The van der Waals surface area contributed by atoms with E-state index >= 15 is 0 Å². The molecule has 0 aromatic heterocycles. The van der Waals surface area contributed by atoms with E-state index in [9.17, 15) is 14.4 Å². The molecule has 38 heavy (non-hydrogen) atoms. The van der Waals surface area contributed by atoms with Gasteiger partial charge in [0.15, 0.2) is 5.78 Å². The van der Waals surface area contributed by atoms with Gasteiger partial charge in [0.1, 0.15) is 17.4 Å². The summed E-state index contributed by atoms with van der Waals surface area (Å²) in [6.07, 6.45) is -0.476. The lowest BCUT2D eigenvalue weighted by atomic mass is 9.74. The average Bonchev–Trinajstić information content (AvgIpc) is 3.21. The predicted octanol–water partition coefficient (Wildman–Crippen LogP) is 6.11. The van der Waals surface area contributed by atoms with E-state index in [0.29, 0.717) is 16.8 Å². The van der Waals surface area contributed by atoms with Crippen molar-refractivity contribution in [2.75, 3.05) is 4.90 Å². The number of carbonyl (C=O) groups is 3. The third kappa shape index (κ3) is 3.67. The number of hydrogen-bond donors (Lipinski definition) is 0. The highest BCUT2D eigenvalue weighted by atomic mass is 16.5. The first-order chi connectivity index (χ1) is 18.5. The van der Waals surface area contributed by atoms with Gasteiger partial charge in [-0.2, -0.15) is 0 Å². The van der Waals surface area contributed by atoms with Gasteiger partial charge < -0.3 is 4.74 Å². The molecule has 0 saturated carbocycles. The van der Waals surface area contributed by atoms with Gasteiger partial charge in [-0.1, -0.05) is 109 Å². The van der Waals surface area contributed by atoms with E-state index in [1.807, 2.05) is 85.8 Å². The molecular weight excluding hydrogens is 474 g/mol. The summed E-state index contributed by atoms with van der Waals surface area (Å²) in [7, 11) is 0. The number of fused-ring (bicyclic) bond motifs is 1. The number of nitrogens with zero attached hydrogens (tertiary/aromatic N) is 1. The maximum atomic E-state index is 14.7. The molecule has 4 aromatic rings. The molecule has 2 aliphatic heterocycles. The molecule has 2 unspecified atom stereocenters. The van der Waals surface area contributed by atoms with Crippen LogP contribution in [0.4, 0.5) is 5.69 Å². The molecule has 1 fully saturated rings. The molecule has 1 saturated heterocycles. The lowest BCUT2D eigenvalue weighted by Crippen LogP contribution is -2.55. The van der Waals surface area contributed by atoms with Crippen LogP contribution < -0.4 is 4.90 Å². The number of ether oxygens (including phenoxy) is 1. The van der Waals surface area contributed by atoms with Crippen LogP contribution in [0.5, 0.6) is 0 Å². The van der Waals surface area contributed by atoms with Crippen LogP contribution in [0.3, 0.4) is 0 Å². The fraction of sp³-hybridized carbons (Fsp3) is 0.121. The second kappa shape index (κ2) is 9.27. The van der Waals surface area contributed by atoms with Crippen LogP contribution in [0.15, 0.2) is 121 Å². The number of carbonyl (C=O) groups excluding carboxylic acids is 3. The van der Waals surface area contributed by atoms with E-state index in [1.165, 1.54) is 4.90 Å². The monoisotopic (exact) mass is 499 g/mol. The Morgan fingerprint density at radius 1 is 0.789 bits per heavy atom. The Labute approximate surface area is 221 Å². The molecule has 0 spiro atoms. The minimum atomic E-state index is -1.59. The SMILES string of the molecule is Cc1ccc(N2C(=O)C(=O)C3=C(c4ccccc4)OC(c4ccccc4)CC32C(=O)c2ccccc2)cc1. The summed E-state index contributed by atoms with van der Waals surface area (Å²) in [6, 6.07) is 35.0. The molecule has 1 amide bonds. The van der Waals surface area contributed by atoms with Crippen molar-refractivity contribution in [1.29, 1.82) is 0 Å². The molecule has 0 aliphatic carbocycles. The van der Waals surface area contributed by atoms with Crippen LogP contribution in [-0.4, -0.2) is 23.0 Å². The lowest BCUT2D eigenvalue weighted by Gasteiger charge is -2.43. The number of amides is 1. The maximum absolute atomic E-state index is 14.7. The van der Waals surface area contributed by atoms with E-state index in [0.717, 1.165) is 11.1 Å². The normalized spacial score (nSPS) is 20.8. The first-order valence-electron chi connectivity index (χ1n) is 12.6. The summed E-state index contributed by atoms with van der Waals surface area (Å²) in [5.41, 5.74) is 1.92. The molecule has 4 aromatic carbocycles. The second-order valence-electron chi connectivity index (χ2n) is 9.65. The van der Waals surface area contributed by atoms with Gasteiger partial charge in [0.05, 0.1) is 5.57 Å². The number of rotatable bonds is 5. The fourth-order valence-electron chi connectivity index (χ4n) is 5.50. The van der Waals surface area contributed by atoms with Gasteiger partial charge in [-0.15, -0.1) is 0 Å². The van der Waals surface area contributed by atoms with Gasteiger partial charge in [-0.05, 0) is 24.6 Å². The molecule has 0 radical (unpaired) electrons. The van der Waals surface area contributed by atoms with Crippen molar-refractivity contribution < 1.29 is 19.1 Å². The van der Waals surface area contributed by atoms with Crippen molar-refractivity contribution >= 4 is 28.9 Å². The first kappa shape index (κ1) is 23.6. The van der Waals surface area contributed by atoms with E-state index in [-0.39, 0.29) is 23.5 Å². The molecule has 5 heteroatoms.